The standard InChI is InChI=1S/C25H29N3O4/c1-16-8-10-28(11-9-16)25(29)22-14-20(26-17-6-5-7-18(12-17)30-2)19-13-23(31-3)24(32-4)15-21(19)27-22/h5-7,12-16H,8-11H2,1-4H3,(H,26,27). The van der Waals surface area contributed by atoms with Crippen LogP contribution in [0.4, 0.5) is 11.4 Å². The van der Waals surface area contributed by atoms with Crippen LogP contribution in [0.1, 0.15) is 30.3 Å². The molecule has 0 radical (unpaired) electrons. The number of methoxy groups -OCH3 is 3. The van der Waals surface area contributed by atoms with E-state index in [0.29, 0.717) is 28.6 Å². The molecule has 1 amide bonds. The molecule has 1 fully saturated rings. The zero-order chi connectivity index (χ0) is 22.7. The van der Waals surface area contributed by atoms with Crippen LogP contribution in [0.2, 0.25) is 0 Å². The lowest BCUT2D eigenvalue weighted by molar-refractivity contribution is 0.0691. The molecule has 1 aromatic heterocycles. The maximum absolute atomic E-state index is 13.3. The van der Waals surface area contributed by atoms with Gasteiger partial charge in [0.05, 0.1) is 32.5 Å². The van der Waals surface area contributed by atoms with Gasteiger partial charge in [0.25, 0.3) is 5.91 Å². The van der Waals surface area contributed by atoms with Gasteiger partial charge in [-0.2, -0.15) is 0 Å². The van der Waals surface area contributed by atoms with Crippen LogP contribution in [-0.2, 0) is 0 Å². The first kappa shape index (κ1) is 21.7. The van der Waals surface area contributed by atoms with Gasteiger partial charge in [-0.05, 0) is 43.0 Å². The predicted octanol–water partition coefficient (Wildman–Crippen LogP) is 4.88. The van der Waals surface area contributed by atoms with Gasteiger partial charge in [-0.3, -0.25) is 4.79 Å². The van der Waals surface area contributed by atoms with Crippen molar-refractivity contribution in [2.75, 3.05) is 39.7 Å². The van der Waals surface area contributed by atoms with Gasteiger partial charge in [-0.15, -0.1) is 0 Å². The average molecular weight is 436 g/mol. The number of hydrogen-bond acceptors (Lipinski definition) is 6. The van der Waals surface area contributed by atoms with Crippen LogP contribution in [0.5, 0.6) is 17.2 Å². The number of amides is 1. The minimum atomic E-state index is -0.0534. The van der Waals surface area contributed by atoms with Crippen molar-refractivity contribution < 1.29 is 19.0 Å². The number of carbonyl (C=O) groups excluding carboxylic acids is 1. The van der Waals surface area contributed by atoms with Crippen molar-refractivity contribution in [2.24, 2.45) is 5.92 Å². The average Bonchev–Trinajstić information content (AvgIpc) is 2.83. The fraction of sp³-hybridized carbons (Fsp3) is 0.360. The number of anilines is 2. The van der Waals surface area contributed by atoms with Crippen molar-refractivity contribution in [2.45, 2.75) is 19.8 Å². The summed E-state index contributed by atoms with van der Waals surface area (Å²) in [5, 5.41) is 4.26. The van der Waals surface area contributed by atoms with Crippen LogP contribution in [0.3, 0.4) is 0 Å². The van der Waals surface area contributed by atoms with Crippen molar-refractivity contribution in [3.63, 3.8) is 0 Å². The minimum absolute atomic E-state index is 0.0534. The summed E-state index contributed by atoms with van der Waals surface area (Å²) in [4.78, 5) is 19.9. The lowest BCUT2D eigenvalue weighted by atomic mass is 9.99. The Morgan fingerprint density at radius 2 is 1.72 bits per heavy atom. The smallest absolute Gasteiger partial charge is 0.272 e. The van der Waals surface area contributed by atoms with E-state index in [1.54, 1.807) is 27.4 Å². The molecule has 0 bridgehead atoms. The van der Waals surface area contributed by atoms with E-state index in [1.165, 1.54) is 0 Å². The minimum Gasteiger partial charge on any atom is -0.497 e. The molecule has 0 unspecified atom stereocenters. The highest BCUT2D eigenvalue weighted by atomic mass is 16.5. The fourth-order valence-electron chi connectivity index (χ4n) is 4.00. The molecule has 168 valence electrons. The topological polar surface area (TPSA) is 72.9 Å². The molecule has 3 aromatic rings. The van der Waals surface area contributed by atoms with Crippen LogP contribution >= 0.6 is 0 Å². The van der Waals surface area contributed by atoms with E-state index in [2.05, 4.69) is 12.2 Å². The van der Waals surface area contributed by atoms with E-state index in [4.69, 9.17) is 19.2 Å². The van der Waals surface area contributed by atoms with E-state index in [-0.39, 0.29) is 5.91 Å². The van der Waals surface area contributed by atoms with E-state index in [9.17, 15) is 4.79 Å². The normalized spacial score (nSPS) is 14.3. The summed E-state index contributed by atoms with van der Waals surface area (Å²) >= 11 is 0. The van der Waals surface area contributed by atoms with Gasteiger partial charge in [0.2, 0.25) is 0 Å². The summed E-state index contributed by atoms with van der Waals surface area (Å²) < 4.78 is 16.3. The summed E-state index contributed by atoms with van der Waals surface area (Å²) in [6, 6.07) is 13.1. The maximum Gasteiger partial charge on any atom is 0.272 e. The lowest BCUT2D eigenvalue weighted by Gasteiger charge is -2.30. The number of benzene rings is 2. The van der Waals surface area contributed by atoms with Gasteiger partial charge in [0, 0.05) is 36.3 Å². The number of likely N-dealkylation sites (tertiary alicyclic amines) is 1. The molecule has 0 aliphatic carbocycles. The highest BCUT2D eigenvalue weighted by Gasteiger charge is 2.24. The Morgan fingerprint density at radius 1 is 1.00 bits per heavy atom. The number of hydrogen-bond donors (Lipinski definition) is 1. The number of nitrogens with one attached hydrogen (secondary N) is 1. The first-order chi connectivity index (χ1) is 15.5. The third-order valence-electron chi connectivity index (χ3n) is 5.95. The van der Waals surface area contributed by atoms with Crippen LogP contribution < -0.4 is 19.5 Å². The lowest BCUT2D eigenvalue weighted by Crippen LogP contribution is -2.38. The van der Waals surface area contributed by atoms with Gasteiger partial charge >= 0.3 is 0 Å². The van der Waals surface area contributed by atoms with Crippen LogP contribution in [0, 0.1) is 5.92 Å². The zero-order valence-corrected chi connectivity index (χ0v) is 19.0. The van der Waals surface area contributed by atoms with Gasteiger partial charge in [0.15, 0.2) is 11.5 Å². The van der Waals surface area contributed by atoms with Gasteiger partial charge in [-0.25, -0.2) is 4.98 Å². The summed E-state index contributed by atoms with van der Waals surface area (Å²) in [5.74, 6) is 2.50. The number of rotatable bonds is 6. The fourth-order valence-corrected chi connectivity index (χ4v) is 4.00. The predicted molar refractivity (Wildman–Crippen MR) is 125 cm³/mol. The zero-order valence-electron chi connectivity index (χ0n) is 19.0. The summed E-state index contributed by atoms with van der Waals surface area (Å²) in [7, 11) is 4.82. The molecular formula is C25H29N3O4. The first-order valence-electron chi connectivity index (χ1n) is 10.8. The molecule has 1 aliphatic rings. The SMILES string of the molecule is COc1cccc(Nc2cc(C(=O)N3CCC(C)CC3)nc3cc(OC)c(OC)cc23)c1. The summed E-state index contributed by atoms with van der Waals surface area (Å²) in [6.07, 6.45) is 2.03. The number of carbonyl (C=O) groups is 1. The molecular weight excluding hydrogens is 406 g/mol. The van der Waals surface area contributed by atoms with E-state index in [1.807, 2.05) is 41.3 Å². The Labute approximate surface area is 188 Å². The molecule has 2 heterocycles. The van der Waals surface area contributed by atoms with E-state index in [0.717, 1.165) is 48.4 Å². The van der Waals surface area contributed by atoms with Crippen molar-refractivity contribution in [1.29, 1.82) is 0 Å². The molecule has 2 aromatic carbocycles. The Balaban J connectivity index is 1.80. The summed E-state index contributed by atoms with van der Waals surface area (Å²) in [6.45, 7) is 3.74. The molecule has 7 nitrogen and oxygen atoms in total. The molecule has 32 heavy (non-hydrogen) atoms. The first-order valence-corrected chi connectivity index (χ1v) is 10.8. The third-order valence-corrected chi connectivity index (χ3v) is 5.95. The number of fused-ring (bicyclic) bond motifs is 1. The second-order valence-corrected chi connectivity index (χ2v) is 8.11. The molecule has 1 saturated heterocycles. The third kappa shape index (κ3) is 4.42. The van der Waals surface area contributed by atoms with Crippen molar-refractivity contribution in [1.82, 2.24) is 9.88 Å². The van der Waals surface area contributed by atoms with Crippen LogP contribution in [0.25, 0.3) is 10.9 Å². The van der Waals surface area contributed by atoms with Gasteiger partial charge in [-0.1, -0.05) is 13.0 Å². The van der Waals surface area contributed by atoms with Gasteiger partial charge < -0.3 is 24.4 Å². The second kappa shape index (κ2) is 9.34. The van der Waals surface area contributed by atoms with Crippen molar-refractivity contribution in [3.8, 4) is 17.2 Å². The highest BCUT2D eigenvalue weighted by Crippen LogP contribution is 2.36. The maximum atomic E-state index is 13.3. The van der Waals surface area contributed by atoms with E-state index >= 15 is 0 Å². The number of nitrogens with zero attached hydrogens (tertiary/aromatic N) is 2. The van der Waals surface area contributed by atoms with Crippen LogP contribution in [0.15, 0.2) is 42.5 Å². The van der Waals surface area contributed by atoms with Crippen molar-refractivity contribution in [3.05, 3.63) is 48.2 Å². The molecule has 0 atom stereocenters. The Kier molecular flexibility index (Phi) is 6.35. The van der Waals surface area contributed by atoms with E-state index < -0.39 is 0 Å². The number of ether oxygens (including phenoxy) is 3. The largest absolute Gasteiger partial charge is 0.497 e. The molecule has 1 N–H and O–H groups in total. The number of piperidine rings is 1. The molecule has 1 aliphatic heterocycles. The Morgan fingerprint density at radius 3 is 2.41 bits per heavy atom. The number of pyridine rings is 1. The monoisotopic (exact) mass is 435 g/mol. The Bertz CT molecular complexity index is 1120. The summed E-state index contributed by atoms with van der Waals surface area (Å²) in [5.41, 5.74) is 2.67. The molecule has 4 rings (SSSR count). The van der Waals surface area contributed by atoms with Crippen LogP contribution in [-0.4, -0.2) is 50.2 Å². The highest BCUT2D eigenvalue weighted by molar-refractivity contribution is 6.01. The molecule has 7 heteroatoms. The van der Waals surface area contributed by atoms with Gasteiger partial charge in [0.1, 0.15) is 11.4 Å². The Hall–Kier alpha value is -3.48. The molecule has 0 spiro atoms. The quantitative estimate of drug-likeness (QED) is 0.595. The molecule has 0 saturated carbocycles. The van der Waals surface area contributed by atoms with Crippen molar-refractivity contribution >= 4 is 28.2 Å². The number of aromatic nitrogens is 1. The second-order valence-electron chi connectivity index (χ2n) is 8.11.